The van der Waals surface area contributed by atoms with Crippen molar-refractivity contribution >= 4 is 34.8 Å². The number of nitrogens with one attached hydrogen (secondary N) is 1. The first-order valence-electron chi connectivity index (χ1n) is 6.93. The van der Waals surface area contributed by atoms with Crippen LogP contribution in [0.25, 0.3) is 0 Å². The van der Waals surface area contributed by atoms with Gasteiger partial charge in [-0.3, -0.25) is 14.5 Å². The molecule has 2 rings (SSSR count). The van der Waals surface area contributed by atoms with Gasteiger partial charge in [-0.1, -0.05) is 11.6 Å². The third-order valence-electron chi connectivity index (χ3n) is 3.60. The first-order chi connectivity index (χ1) is 9.97. The fourth-order valence-corrected chi connectivity index (χ4v) is 3.32. The normalized spacial score (nSPS) is 16.7. The number of rotatable bonds is 4. The SMILES string of the molecule is CN(C)C(=O)CN1CCC(NC(=O)c2sccc2Cl)CC1. The molecule has 0 bridgehead atoms. The molecule has 1 aliphatic rings. The maximum atomic E-state index is 12.1. The number of piperidine rings is 1. The van der Waals surface area contributed by atoms with E-state index >= 15 is 0 Å². The number of carbonyl (C=O) groups excluding carboxylic acids is 2. The molecule has 1 aromatic rings. The minimum atomic E-state index is -0.0992. The van der Waals surface area contributed by atoms with Crippen molar-refractivity contribution in [1.82, 2.24) is 15.1 Å². The van der Waals surface area contributed by atoms with Gasteiger partial charge in [-0.2, -0.15) is 0 Å². The summed E-state index contributed by atoms with van der Waals surface area (Å²) >= 11 is 7.32. The van der Waals surface area contributed by atoms with Crippen LogP contribution in [0.4, 0.5) is 0 Å². The highest BCUT2D eigenvalue weighted by atomic mass is 35.5. The van der Waals surface area contributed by atoms with Crippen LogP contribution in [0.5, 0.6) is 0 Å². The number of amides is 2. The van der Waals surface area contributed by atoms with E-state index in [1.807, 2.05) is 5.38 Å². The highest BCUT2D eigenvalue weighted by Gasteiger charge is 2.23. The summed E-state index contributed by atoms with van der Waals surface area (Å²) in [7, 11) is 3.53. The zero-order chi connectivity index (χ0) is 15.4. The van der Waals surface area contributed by atoms with Gasteiger partial charge in [0, 0.05) is 33.2 Å². The molecule has 21 heavy (non-hydrogen) atoms. The molecule has 0 spiro atoms. The van der Waals surface area contributed by atoms with E-state index < -0.39 is 0 Å². The van der Waals surface area contributed by atoms with E-state index in [1.165, 1.54) is 11.3 Å². The van der Waals surface area contributed by atoms with Gasteiger partial charge in [-0.05, 0) is 24.3 Å². The van der Waals surface area contributed by atoms with Crippen LogP contribution in [-0.2, 0) is 4.79 Å². The zero-order valence-electron chi connectivity index (χ0n) is 12.3. The van der Waals surface area contributed by atoms with Crippen molar-refractivity contribution in [3.8, 4) is 0 Å². The lowest BCUT2D eigenvalue weighted by Gasteiger charge is -2.32. The topological polar surface area (TPSA) is 52.7 Å². The summed E-state index contributed by atoms with van der Waals surface area (Å²) in [6.45, 7) is 2.09. The summed E-state index contributed by atoms with van der Waals surface area (Å²) < 4.78 is 0. The second kappa shape index (κ2) is 7.24. The molecule has 7 heteroatoms. The number of carbonyl (C=O) groups is 2. The average molecular weight is 330 g/mol. The Bertz CT molecular complexity index is 510. The van der Waals surface area contributed by atoms with Crippen LogP contribution in [-0.4, -0.2) is 61.4 Å². The molecule has 0 aliphatic carbocycles. The second-order valence-corrected chi connectivity index (χ2v) is 6.73. The molecule has 0 aromatic carbocycles. The molecule has 0 radical (unpaired) electrons. The van der Waals surface area contributed by atoms with Crippen LogP contribution in [0.3, 0.4) is 0 Å². The van der Waals surface area contributed by atoms with Gasteiger partial charge in [0.25, 0.3) is 5.91 Å². The Morgan fingerprint density at radius 3 is 2.62 bits per heavy atom. The molecule has 5 nitrogen and oxygen atoms in total. The maximum absolute atomic E-state index is 12.1. The lowest BCUT2D eigenvalue weighted by Crippen LogP contribution is -2.47. The van der Waals surface area contributed by atoms with E-state index in [4.69, 9.17) is 11.6 Å². The van der Waals surface area contributed by atoms with Crippen molar-refractivity contribution in [3.63, 3.8) is 0 Å². The number of nitrogens with zero attached hydrogens (tertiary/aromatic N) is 2. The van der Waals surface area contributed by atoms with Gasteiger partial charge in [0.1, 0.15) is 4.88 Å². The Morgan fingerprint density at radius 1 is 1.43 bits per heavy atom. The van der Waals surface area contributed by atoms with Gasteiger partial charge < -0.3 is 10.2 Å². The fourth-order valence-electron chi connectivity index (χ4n) is 2.27. The zero-order valence-corrected chi connectivity index (χ0v) is 13.8. The Morgan fingerprint density at radius 2 is 2.10 bits per heavy atom. The van der Waals surface area contributed by atoms with E-state index in [9.17, 15) is 9.59 Å². The van der Waals surface area contributed by atoms with Crippen molar-refractivity contribution in [1.29, 1.82) is 0 Å². The smallest absolute Gasteiger partial charge is 0.263 e. The first-order valence-corrected chi connectivity index (χ1v) is 8.19. The van der Waals surface area contributed by atoms with Gasteiger partial charge in [0.2, 0.25) is 5.91 Å². The molecule has 2 amide bonds. The van der Waals surface area contributed by atoms with E-state index in [-0.39, 0.29) is 17.9 Å². The molecule has 0 atom stereocenters. The summed E-state index contributed by atoms with van der Waals surface area (Å²) in [4.78, 5) is 28.1. The average Bonchev–Trinajstić information content (AvgIpc) is 2.87. The molecule has 1 saturated heterocycles. The Labute approximate surface area is 133 Å². The minimum Gasteiger partial charge on any atom is -0.348 e. The third kappa shape index (κ3) is 4.43. The van der Waals surface area contributed by atoms with Crippen LogP contribution in [0.1, 0.15) is 22.5 Å². The standard InChI is InChI=1S/C14H20ClN3O2S/c1-17(2)12(19)9-18-6-3-10(4-7-18)16-14(20)13-11(15)5-8-21-13/h5,8,10H,3-4,6-7,9H2,1-2H3,(H,16,20). The Balaban J connectivity index is 1.78. The summed E-state index contributed by atoms with van der Waals surface area (Å²) in [5, 5.41) is 5.34. The molecule has 0 unspecified atom stereocenters. The second-order valence-electron chi connectivity index (χ2n) is 5.41. The van der Waals surface area contributed by atoms with Crippen LogP contribution in [0, 0.1) is 0 Å². The molecule has 1 aliphatic heterocycles. The van der Waals surface area contributed by atoms with Gasteiger partial charge in [-0.25, -0.2) is 0 Å². The summed E-state index contributed by atoms with van der Waals surface area (Å²) in [5.74, 6) is 0.0145. The number of thiophene rings is 1. The van der Waals surface area contributed by atoms with E-state index in [0.29, 0.717) is 16.4 Å². The van der Waals surface area contributed by atoms with Crippen molar-refractivity contribution in [2.45, 2.75) is 18.9 Å². The fraction of sp³-hybridized carbons (Fsp3) is 0.571. The predicted molar refractivity (Wildman–Crippen MR) is 85.0 cm³/mol. The third-order valence-corrected chi connectivity index (χ3v) is 4.94. The van der Waals surface area contributed by atoms with Gasteiger partial charge in [-0.15, -0.1) is 11.3 Å². The predicted octanol–water partition coefficient (Wildman–Crippen LogP) is 1.68. The van der Waals surface area contributed by atoms with Crippen LogP contribution < -0.4 is 5.32 Å². The van der Waals surface area contributed by atoms with E-state index in [0.717, 1.165) is 25.9 Å². The molecule has 1 fully saturated rings. The van der Waals surface area contributed by atoms with Crippen molar-refractivity contribution in [2.75, 3.05) is 33.7 Å². The molecule has 1 aromatic heterocycles. The van der Waals surface area contributed by atoms with Gasteiger partial charge in [0.15, 0.2) is 0 Å². The van der Waals surface area contributed by atoms with Crippen LogP contribution in [0.2, 0.25) is 5.02 Å². The van der Waals surface area contributed by atoms with E-state index in [1.54, 1.807) is 25.1 Å². The van der Waals surface area contributed by atoms with Gasteiger partial charge in [0.05, 0.1) is 11.6 Å². The van der Waals surface area contributed by atoms with Crippen LogP contribution in [0.15, 0.2) is 11.4 Å². The van der Waals surface area contributed by atoms with Gasteiger partial charge >= 0.3 is 0 Å². The monoisotopic (exact) mass is 329 g/mol. The number of hydrogen-bond acceptors (Lipinski definition) is 4. The Hall–Kier alpha value is -1.11. The lowest BCUT2D eigenvalue weighted by atomic mass is 10.0. The molecular weight excluding hydrogens is 310 g/mol. The molecule has 116 valence electrons. The highest BCUT2D eigenvalue weighted by Crippen LogP contribution is 2.22. The first kappa shape index (κ1) is 16.3. The molecule has 1 N–H and O–H groups in total. The Kier molecular flexibility index (Phi) is 5.61. The minimum absolute atomic E-state index is 0.0992. The number of halogens is 1. The quantitative estimate of drug-likeness (QED) is 0.914. The van der Waals surface area contributed by atoms with Crippen molar-refractivity contribution in [3.05, 3.63) is 21.3 Å². The van der Waals surface area contributed by atoms with E-state index in [2.05, 4.69) is 10.2 Å². The highest BCUT2D eigenvalue weighted by molar-refractivity contribution is 7.12. The lowest BCUT2D eigenvalue weighted by molar-refractivity contribution is -0.130. The van der Waals surface area contributed by atoms with Crippen LogP contribution >= 0.6 is 22.9 Å². The number of likely N-dealkylation sites (tertiary alicyclic amines) is 1. The van der Waals surface area contributed by atoms with Crippen molar-refractivity contribution in [2.24, 2.45) is 0 Å². The maximum Gasteiger partial charge on any atom is 0.263 e. The molecule has 2 heterocycles. The summed E-state index contributed by atoms with van der Waals surface area (Å²) in [6.07, 6.45) is 1.71. The molecular formula is C14H20ClN3O2S. The van der Waals surface area contributed by atoms with Crippen molar-refractivity contribution < 1.29 is 9.59 Å². The largest absolute Gasteiger partial charge is 0.348 e. The number of hydrogen-bond donors (Lipinski definition) is 1. The summed E-state index contributed by atoms with van der Waals surface area (Å²) in [5.41, 5.74) is 0. The number of likely N-dealkylation sites (N-methyl/N-ethyl adjacent to an activating group) is 1. The molecule has 0 saturated carbocycles. The summed E-state index contributed by atoms with van der Waals surface area (Å²) in [6, 6.07) is 1.89.